The van der Waals surface area contributed by atoms with Crippen LogP contribution in [0.5, 0.6) is 0 Å². The number of halogens is 6. The van der Waals surface area contributed by atoms with E-state index in [1.54, 1.807) is 0 Å². The lowest BCUT2D eigenvalue weighted by atomic mass is 9.79. The van der Waals surface area contributed by atoms with Crippen LogP contribution in [0, 0.1) is 0 Å². The van der Waals surface area contributed by atoms with Gasteiger partial charge in [0.25, 0.3) is 5.92 Å². The molecule has 5 nitrogen and oxygen atoms in total. The molecule has 0 saturated heterocycles. The monoisotopic (exact) mass is 464 g/mol. The Morgan fingerprint density at radius 3 is 1.81 bits per heavy atom. The van der Waals surface area contributed by atoms with Gasteiger partial charge in [-0.25, -0.2) is 22.4 Å². The Bertz CT molecular complexity index is 829. The number of carbonyl (C=O) groups is 1. The van der Waals surface area contributed by atoms with E-state index in [2.05, 4.69) is 4.74 Å². The van der Waals surface area contributed by atoms with E-state index >= 15 is 0 Å². The normalized spacial score (nSPS) is 13.8. The molecule has 0 radical (unpaired) electrons. The van der Waals surface area contributed by atoms with E-state index in [9.17, 15) is 31.1 Å². The summed E-state index contributed by atoms with van der Waals surface area (Å²) in [7, 11) is 0.971. The summed E-state index contributed by atoms with van der Waals surface area (Å²) in [4.78, 5) is 11.4. The fourth-order valence-electron chi connectivity index (χ4n) is 3.31. The molecular formula is C21H22F6N2O3. The minimum atomic E-state index is -5.01. The van der Waals surface area contributed by atoms with Crippen molar-refractivity contribution < 1.29 is 40.6 Å². The lowest BCUT2D eigenvalue weighted by molar-refractivity contribution is -0.342. The van der Waals surface area contributed by atoms with Crippen molar-refractivity contribution in [2.75, 3.05) is 13.7 Å². The molecular weight excluding hydrogens is 442 g/mol. The van der Waals surface area contributed by atoms with Crippen molar-refractivity contribution in [1.82, 2.24) is 5.32 Å². The smallest absolute Gasteiger partial charge is 0.378 e. The van der Waals surface area contributed by atoms with Gasteiger partial charge in [0.05, 0.1) is 6.04 Å². The number of rotatable bonds is 11. The van der Waals surface area contributed by atoms with Crippen LogP contribution in [0.4, 0.5) is 31.1 Å². The Morgan fingerprint density at radius 1 is 0.969 bits per heavy atom. The van der Waals surface area contributed by atoms with Gasteiger partial charge >= 0.3 is 18.6 Å². The van der Waals surface area contributed by atoms with E-state index in [1.807, 2.05) is 5.32 Å². The number of amides is 2. The van der Waals surface area contributed by atoms with Gasteiger partial charge in [0.15, 0.2) is 0 Å². The lowest BCUT2D eigenvalue weighted by Gasteiger charge is -2.41. The highest BCUT2D eigenvalue weighted by molar-refractivity contribution is 5.72. The van der Waals surface area contributed by atoms with Gasteiger partial charge < -0.3 is 15.8 Å². The first-order valence-electron chi connectivity index (χ1n) is 9.34. The van der Waals surface area contributed by atoms with Crippen molar-refractivity contribution >= 4 is 6.03 Å². The molecule has 1 unspecified atom stereocenters. The SMILES string of the molecule is COCC(F)(F)C(CC(OC(F)(F)C(F)F)(c1ccccc1)c1ccccc1)NC(N)=O. The topological polar surface area (TPSA) is 73.6 Å². The van der Waals surface area contributed by atoms with Crippen molar-refractivity contribution in [2.45, 2.75) is 36.5 Å². The zero-order chi connectivity index (χ0) is 24.0. The number of hydrogen-bond donors (Lipinski definition) is 2. The highest BCUT2D eigenvalue weighted by Crippen LogP contribution is 2.45. The van der Waals surface area contributed by atoms with E-state index < -0.39 is 49.2 Å². The van der Waals surface area contributed by atoms with Gasteiger partial charge in [0.2, 0.25) is 0 Å². The molecule has 32 heavy (non-hydrogen) atoms. The summed E-state index contributed by atoms with van der Waals surface area (Å²) in [6.07, 6.45) is -10.3. The van der Waals surface area contributed by atoms with Crippen molar-refractivity contribution in [3.63, 3.8) is 0 Å². The second kappa shape index (κ2) is 10.2. The number of methoxy groups -OCH3 is 1. The van der Waals surface area contributed by atoms with Crippen LogP contribution in [0.3, 0.4) is 0 Å². The molecule has 2 amide bonds. The molecule has 0 aliphatic carbocycles. The number of urea groups is 1. The maximum absolute atomic E-state index is 14.8. The fraction of sp³-hybridized carbons (Fsp3) is 0.381. The number of carbonyl (C=O) groups excluding carboxylic acids is 1. The van der Waals surface area contributed by atoms with Gasteiger partial charge in [-0.3, -0.25) is 4.74 Å². The third-order valence-electron chi connectivity index (χ3n) is 4.70. The van der Waals surface area contributed by atoms with Crippen LogP contribution in [-0.2, 0) is 15.1 Å². The van der Waals surface area contributed by atoms with E-state index in [4.69, 9.17) is 10.5 Å². The van der Waals surface area contributed by atoms with Gasteiger partial charge in [-0.2, -0.15) is 8.78 Å². The van der Waals surface area contributed by atoms with Crippen molar-refractivity contribution in [2.24, 2.45) is 5.73 Å². The first kappa shape index (κ1) is 25.5. The second-order valence-electron chi connectivity index (χ2n) is 6.98. The van der Waals surface area contributed by atoms with Crippen LogP contribution in [0.1, 0.15) is 17.5 Å². The first-order valence-corrected chi connectivity index (χ1v) is 9.34. The van der Waals surface area contributed by atoms with Gasteiger partial charge in [-0.1, -0.05) is 60.7 Å². The van der Waals surface area contributed by atoms with Crippen LogP contribution < -0.4 is 11.1 Å². The van der Waals surface area contributed by atoms with Crippen LogP contribution in [0.15, 0.2) is 60.7 Å². The van der Waals surface area contributed by atoms with Crippen LogP contribution >= 0.6 is 0 Å². The second-order valence-corrected chi connectivity index (χ2v) is 6.98. The van der Waals surface area contributed by atoms with E-state index in [0.29, 0.717) is 0 Å². The molecule has 0 aliphatic rings. The number of primary amides is 1. The number of ether oxygens (including phenoxy) is 2. The third kappa shape index (κ3) is 5.92. The molecule has 0 aromatic heterocycles. The lowest BCUT2D eigenvalue weighted by Crippen LogP contribution is -2.56. The van der Waals surface area contributed by atoms with Crippen molar-refractivity contribution in [1.29, 1.82) is 0 Å². The number of nitrogens with two attached hydrogens (primary N) is 1. The van der Waals surface area contributed by atoms with E-state index in [-0.39, 0.29) is 11.1 Å². The Hall–Kier alpha value is -2.79. The average Bonchev–Trinajstić information content (AvgIpc) is 2.73. The number of alkyl halides is 6. The molecule has 0 spiro atoms. The predicted molar refractivity (Wildman–Crippen MR) is 104 cm³/mol. The molecule has 176 valence electrons. The predicted octanol–water partition coefficient (Wildman–Crippen LogP) is 4.51. The minimum Gasteiger partial charge on any atom is -0.378 e. The average molecular weight is 464 g/mol. The number of benzene rings is 2. The molecule has 2 aromatic rings. The molecule has 0 heterocycles. The molecule has 0 fully saturated rings. The van der Waals surface area contributed by atoms with Crippen LogP contribution in [0.2, 0.25) is 0 Å². The molecule has 0 aliphatic heterocycles. The number of hydrogen-bond acceptors (Lipinski definition) is 3. The van der Waals surface area contributed by atoms with E-state index in [1.165, 1.54) is 60.7 Å². The minimum absolute atomic E-state index is 0.115. The summed E-state index contributed by atoms with van der Waals surface area (Å²) >= 11 is 0. The zero-order valence-electron chi connectivity index (χ0n) is 16.9. The first-order chi connectivity index (χ1) is 14.9. The highest BCUT2D eigenvalue weighted by atomic mass is 19.3. The molecule has 0 saturated carbocycles. The largest absolute Gasteiger partial charge is 0.417 e. The molecule has 3 N–H and O–H groups in total. The van der Waals surface area contributed by atoms with Gasteiger partial charge in [0, 0.05) is 13.5 Å². The molecule has 2 aromatic carbocycles. The van der Waals surface area contributed by atoms with Gasteiger partial charge in [-0.15, -0.1) is 0 Å². The molecule has 11 heteroatoms. The molecule has 1 atom stereocenters. The maximum atomic E-state index is 14.8. The number of nitrogens with one attached hydrogen (secondary N) is 1. The Labute approximate surface area is 180 Å². The third-order valence-corrected chi connectivity index (χ3v) is 4.70. The van der Waals surface area contributed by atoms with Crippen LogP contribution in [-0.4, -0.2) is 44.2 Å². The summed E-state index contributed by atoms with van der Waals surface area (Å²) in [5.74, 6) is -3.82. The quantitative estimate of drug-likeness (QED) is 0.481. The summed E-state index contributed by atoms with van der Waals surface area (Å²) in [6, 6.07) is 10.1. The Morgan fingerprint density at radius 2 is 1.44 bits per heavy atom. The van der Waals surface area contributed by atoms with Crippen molar-refractivity contribution in [3.05, 3.63) is 71.8 Å². The summed E-state index contributed by atoms with van der Waals surface area (Å²) < 4.78 is 93.6. The summed E-state index contributed by atoms with van der Waals surface area (Å²) in [5.41, 5.74) is 2.27. The maximum Gasteiger partial charge on any atom is 0.417 e. The Balaban J connectivity index is 2.76. The standard InChI is InChI=1S/C21H22F6N2O3/c1-31-13-20(24,25)16(29-18(28)30)12-19(14-8-4-2-5-9-14,15-10-6-3-7-11-15)32-21(26,27)17(22)23/h2-11,16-17H,12-13H2,1H3,(H3,28,29,30). The van der Waals surface area contributed by atoms with Gasteiger partial charge in [-0.05, 0) is 11.1 Å². The zero-order valence-corrected chi connectivity index (χ0v) is 16.9. The molecule has 2 rings (SSSR count). The van der Waals surface area contributed by atoms with Crippen molar-refractivity contribution in [3.8, 4) is 0 Å². The van der Waals surface area contributed by atoms with Gasteiger partial charge in [0.1, 0.15) is 12.2 Å². The highest BCUT2D eigenvalue weighted by Gasteiger charge is 2.55. The molecule has 0 bridgehead atoms. The fourth-order valence-corrected chi connectivity index (χ4v) is 3.31. The van der Waals surface area contributed by atoms with Crippen LogP contribution in [0.25, 0.3) is 0 Å². The Kier molecular flexibility index (Phi) is 8.13. The van der Waals surface area contributed by atoms with E-state index in [0.717, 1.165) is 7.11 Å². The summed E-state index contributed by atoms with van der Waals surface area (Å²) in [5, 5.41) is 1.81. The summed E-state index contributed by atoms with van der Waals surface area (Å²) in [6.45, 7) is -1.21.